The van der Waals surface area contributed by atoms with Crippen molar-refractivity contribution in [2.75, 3.05) is 6.26 Å². The summed E-state index contributed by atoms with van der Waals surface area (Å²) in [5.74, 6) is 1.33. The fourth-order valence-electron chi connectivity index (χ4n) is 3.48. The summed E-state index contributed by atoms with van der Waals surface area (Å²) in [7, 11) is 0. The van der Waals surface area contributed by atoms with Crippen LogP contribution in [0.1, 0.15) is 44.1 Å². The van der Waals surface area contributed by atoms with Gasteiger partial charge in [-0.3, -0.25) is 0 Å². The van der Waals surface area contributed by atoms with Crippen molar-refractivity contribution < 1.29 is 5.11 Å². The Bertz CT molecular complexity index is 614. The Morgan fingerprint density at radius 3 is 2.62 bits per heavy atom. The zero-order valence-corrected chi connectivity index (χ0v) is 13.6. The third-order valence-electron chi connectivity index (χ3n) is 4.77. The van der Waals surface area contributed by atoms with E-state index in [0.717, 1.165) is 16.2 Å². The second-order valence-electron chi connectivity index (χ2n) is 6.25. The second-order valence-corrected chi connectivity index (χ2v) is 7.10. The van der Waals surface area contributed by atoms with E-state index in [-0.39, 0.29) is 0 Å². The molecule has 0 aromatic heterocycles. The third kappa shape index (κ3) is 3.55. The van der Waals surface area contributed by atoms with Crippen LogP contribution in [-0.2, 0) is 6.42 Å². The number of hydrogen-bond donors (Lipinski definition) is 1. The molecule has 0 radical (unpaired) electrons. The maximum absolute atomic E-state index is 9.93. The van der Waals surface area contributed by atoms with Gasteiger partial charge >= 0.3 is 0 Å². The van der Waals surface area contributed by atoms with Crippen LogP contribution in [0.3, 0.4) is 0 Å². The molecule has 0 atom stereocenters. The van der Waals surface area contributed by atoms with E-state index >= 15 is 0 Å². The first-order chi connectivity index (χ1) is 10.3. The number of thioether (sulfide) groups is 1. The van der Waals surface area contributed by atoms with Gasteiger partial charge in [-0.25, -0.2) is 0 Å². The smallest absolute Gasteiger partial charge is 0.129 e. The summed E-state index contributed by atoms with van der Waals surface area (Å²) in [5, 5.41) is 12.3. The quantitative estimate of drug-likeness (QED) is 0.722. The number of phenolic OH excluding ortho intramolecular Hbond substituents is 1. The van der Waals surface area contributed by atoms with E-state index < -0.39 is 0 Å². The minimum Gasteiger partial charge on any atom is -0.507 e. The van der Waals surface area contributed by atoms with Gasteiger partial charge in [0, 0.05) is 4.90 Å². The fourth-order valence-corrected chi connectivity index (χ4v) is 3.99. The summed E-state index contributed by atoms with van der Waals surface area (Å²) < 4.78 is 0. The van der Waals surface area contributed by atoms with Crippen LogP contribution in [0, 0.1) is 5.92 Å². The molecule has 0 aliphatic heterocycles. The Balaban J connectivity index is 1.75. The summed E-state index contributed by atoms with van der Waals surface area (Å²) in [6.07, 6.45) is 11.7. The molecule has 0 unspecified atom stereocenters. The number of phenols is 1. The third-order valence-corrected chi connectivity index (χ3v) is 5.54. The number of aryl methyl sites for hydroxylation is 1. The van der Waals surface area contributed by atoms with Crippen molar-refractivity contribution in [1.29, 1.82) is 0 Å². The minimum atomic E-state index is 0.393. The van der Waals surface area contributed by atoms with Crippen molar-refractivity contribution >= 4 is 22.5 Å². The highest BCUT2D eigenvalue weighted by Gasteiger charge is 2.13. The Morgan fingerprint density at radius 1 is 1.05 bits per heavy atom. The van der Waals surface area contributed by atoms with Crippen molar-refractivity contribution in [1.82, 2.24) is 0 Å². The summed E-state index contributed by atoms with van der Waals surface area (Å²) in [6.45, 7) is 0. The fraction of sp³-hybridized carbons (Fsp3) is 0.474. The van der Waals surface area contributed by atoms with Crippen molar-refractivity contribution in [3.05, 3.63) is 35.9 Å². The first kappa shape index (κ1) is 14.8. The molecule has 1 N–H and O–H groups in total. The summed E-state index contributed by atoms with van der Waals surface area (Å²) in [6, 6.07) is 10.7. The molecule has 1 saturated carbocycles. The largest absolute Gasteiger partial charge is 0.507 e. The standard InChI is InChI=1S/C19H24OS/c1-21-19-13-17-11-15(9-10-16(17)12-18(19)20)8-7-14-5-3-2-4-6-14/h9-14,20H,2-8H2,1H3. The number of benzene rings is 2. The maximum Gasteiger partial charge on any atom is 0.129 e. The highest BCUT2D eigenvalue weighted by atomic mass is 32.2. The molecule has 2 aromatic rings. The van der Waals surface area contributed by atoms with Gasteiger partial charge in [-0.05, 0) is 53.5 Å². The topological polar surface area (TPSA) is 20.2 Å². The Morgan fingerprint density at radius 2 is 1.86 bits per heavy atom. The molecule has 3 rings (SSSR count). The van der Waals surface area contributed by atoms with E-state index in [1.807, 2.05) is 12.3 Å². The molecule has 1 nitrogen and oxygen atoms in total. The number of fused-ring (bicyclic) bond motifs is 1. The predicted molar refractivity (Wildman–Crippen MR) is 92.3 cm³/mol. The van der Waals surface area contributed by atoms with Crippen LogP contribution in [0.5, 0.6) is 5.75 Å². The normalized spacial score (nSPS) is 16.4. The average Bonchev–Trinajstić information content (AvgIpc) is 2.53. The highest BCUT2D eigenvalue weighted by Crippen LogP contribution is 2.32. The Hall–Kier alpha value is -1.15. The summed E-state index contributed by atoms with van der Waals surface area (Å²) in [5.41, 5.74) is 1.44. The lowest BCUT2D eigenvalue weighted by molar-refractivity contribution is 0.339. The van der Waals surface area contributed by atoms with E-state index in [0.29, 0.717) is 5.75 Å². The molecule has 21 heavy (non-hydrogen) atoms. The lowest BCUT2D eigenvalue weighted by Gasteiger charge is -2.21. The van der Waals surface area contributed by atoms with E-state index in [1.165, 1.54) is 55.9 Å². The van der Waals surface area contributed by atoms with Crippen LogP contribution in [0.25, 0.3) is 10.8 Å². The number of rotatable bonds is 4. The first-order valence-electron chi connectivity index (χ1n) is 8.06. The molecule has 112 valence electrons. The van der Waals surface area contributed by atoms with Gasteiger partial charge in [-0.2, -0.15) is 0 Å². The van der Waals surface area contributed by atoms with E-state index in [4.69, 9.17) is 0 Å². The van der Waals surface area contributed by atoms with Crippen LogP contribution < -0.4 is 0 Å². The molecular formula is C19H24OS. The van der Waals surface area contributed by atoms with Crippen LogP contribution in [-0.4, -0.2) is 11.4 Å². The molecule has 1 aliphatic carbocycles. The van der Waals surface area contributed by atoms with Gasteiger partial charge in [-0.1, -0.05) is 50.3 Å². The SMILES string of the molecule is CSc1cc2cc(CCC3CCCCC3)ccc2cc1O. The van der Waals surface area contributed by atoms with Crippen LogP contribution in [0.4, 0.5) is 0 Å². The molecule has 2 heteroatoms. The summed E-state index contributed by atoms with van der Waals surface area (Å²) >= 11 is 1.60. The van der Waals surface area contributed by atoms with Crippen molar-refractivity contribution in [3.63, 3.8) is 0 Å². The lowest BCUT2D eigenvalue weighted by Crippen LogP contribution is -2.07. The molecule has 2 aromatic carbocycles. The van der Waals surface area contributed by atoms with Crippen LogP contribution in [0.15, 0.2) is 35.2 Å². The molecule has 1 aliphatic rings. The zero-order chi connectivity index (χ0) is 14.7. The van der Waals surface area contributed by atoms with Gasteiger partial charge in [0.15, 0.2) is 0 Å². The molecule has 0 spiro atoms. The Labute approximate surface area is 131 Å². The van der Waals surface area contributed by atoms with Gasteiger partial charge in [0.05, 0.1) is 0 Å². The highest BCUT2D eigenvalue weighted by molar-refractivity contribution is 7.98. The van der Waals surface area contributed by atoms with Crippen molar-refractivity contribution in [2.24, 2.45) is 5.92 Å². The van der Waals surface area contributed by atoms with Crippen molar-refractivity contribution in [3.8, 4) is 5.75 Å². The van der Waals surface area contributed by atoms with Gasteiger partial charge in [0.1, 0.15) is 5.75 Å². The molecular weight excluding hydrogens is 276 g/mol. The average molecular weight is 300 g/mol. The van der Waals surface area contributed by atoms with Crippen molar-refractivity contribution in [2.45, 2.75) is 49.8 Å². The Kier molecular flexibility index (Phi) is 4.74. The molecule has 0 amide bonds. The maximum atomic E-state index is 9.93. The van der Waals surface area contributed by atoms with Crippen LogP contribution >= 0.6 is 11.8 Å². The van der Waals surface area contributed by atoms with E-state index in [1.54, 1.807) is 11.8 Å². The predicted octanol–water partition coefficient (Wildman–Crippen LogP) is 5.78. The second kappa shape index (κ2) is 6.74. The van der Waals surface area contributed by atoms with Gasteiger partial charge in [0.2, 0.25) is 0 Å². The summed E-state index contributed by atoms with van der Waals surface area (Å²) in [4.78, 5) is 0.965. The first-order valence-corrected chi connectivity index (χ1v) is 9.28. The monoisotopic (exact) mass is 300 g/mol. The van der Waals surface area contributed by atoms with E-state index in [9.17, 15) is 5.11 Å². The molecule has 0 bridgehead atoms. The van der Waals surface area contributed by atoms with Gasteiger partial charge in [-0.15, -0.1) is 11.8 Å². The molecule has 0 saturated heterocycles. The van der Waals surface area contributed by atoms with Gasteiger partial charge in [0.25, 0.3) is 0 Å². The number of aromatic hydroxyl groups is 1. The molecule has 1 fully saturated rings. The van der Waals surface area contributed by atoms with Crippen LogP contribution in [0.2, 0.25) is 0 Å². The molecule has 0 heterocycles. The lowest BCUT2D eigenvalue weighted by atomic mass is 9.85. The number of hydrogen-bond acceptors (Lipinski definition) is 2. The minimum absolute atomic E-state index is 0.393. The van der Waals surface area contributed by atoms with E-state index in [2.05, 4.69) is 24.3 Å². The zero-order valence-electron chi connectivity index (χ0n) is 12.8. The van der Waals surface area contributed by atoms with Gasteiger partial charge < -0.3 is 5.11 Å².